The summed E-state index contributed by atoms with van der Waals surface area (Å²) in [6.45, 7) is 3.17. The summed E-state index contributed by atoms with van der Waals surface area (Å²) < 4.78 is 0. The van der Waals surface area contributed by atoms with E-state index in [1.54, 1.807) is 0 Å². The Morgan fingerprint density at radius 3 is 2.30 bits per heavy atom. The van der Waals surface area contributed by atoms with E-state index in [0.29, 0.717) is 5.54 Å². The molecule has 1 fully saturated rings. The monoisotopic (exact) mass is 295 g/mol. The van der Waals surface area contributed by atoms with E-state index in [1.807, 2.05) is 24.3 Å². The van der Waals surface area contributed by atoms with Crippen LogP contribution in [0.4, 0.5) is 5.69 Å². The maximum absolute atomic E-state index is 5.88. The van der Waals surface area contributed by atoms with Crippen LogP contribution >= 0.6 is 11.6 Å². The molecule has 1 saturated carbocycles. The van der Waals surface area contributed by atoms with Gasteiger partial charge in [-0.05, 0) is 64.7 Å². The van der Waals surface area contributed by atoms with Crippen molar-refractivity contribution in [2.45, 2.75) is 24.8 Å². The average molecular weight is 296 g/mol. The summed E-state index contributed by atoms with van der Waals surface area (Å²) in [5.41, 5.74) is 1.54. The van der Waals surface area contributed by atoms with Gasteiger partial charge in [0.25, 0.3) is 0 Å². The lowest BCUT2D eigenvalue weighted by Crippen LogP contribution is -2.57. The Morgan fingerprint density at radius 2 is 1.80 bits per heavy atom. The molecule has 0 bridgehead atoms. The second-order valence-electron chi connectivity index (χ2n) is 6.14. The molecule has 1 N–H and O–H groups in total. The minimum Gasteiger partial charge on any atom is -0.384 e. The summed E-state index contributed by atoms with van der Waals surface area (Å²) in [4.78, 5) is 4.84. The standard InChI is InChI=1S/C16H26ClN3/c1-19(2)16(9-4-10-16)13-20(3)12-11-18-15-7-5-14(17)6-8-15/h5-8,18H,4,9-13H2,1-3H3. The predicted molar refractivity (Wildman–Crippen MR) is 87.7 cm³/mol. The van der Waals surface area contributed by atoms with E-state index in [9.17, 15) is 0 Å². The average Bonchev–Trinajstić information content (AvgIpc) is 2.36. The first-order chi connectivity index (χ1) is 9.52. The molecule has 0 aromatic heterocycles. The van der Waals surface area contributed by atoms with Crippen LogP contribution in [0.15, 0.2) is 24.3 Å². The molecular formula is C16H26ClN3. The van der Waals surface area contributed by atoms with Gasteiger partial charge in [0.15, 0.2) is 0 Å². The Bertz CT molecular complexity index is 412. The van der Waals surface area contributed by atoms with Crippen molar-refractivity contribution in [1.29, 1.82) is 0 Å². The van der Waals surface area contributed by atoms with Crippen LogP contribution in [0.2, 0.25) is 5.02 Å². The first-order valence-electron chi connectivity index (χ1n) is 7.37. The van der Waals surface area contributed by atoms with Crippen molar-refractivity contribution in [2.24, 2.45) is 0 Å². The van der Waals surface area contributed by atoms with E-state index >= 15 is 0 Å². The van der Waals surface area contributed by atoms with E-state index in [0.717, 1.165) is 30.3 Å². The van der Waals surface area contributed by atoms with Gasteiger partial charge in [-0.1, -0.05) is 11.6 Å². The minimum absolute atomic E-state index is 0.412. The van der Waals surface area contributed by atoms with E-state index in [-0.39, 0.29) is 0 Å². The quantitative estimate of drug-likeness (QED) is 0.833. The highest BCUT2D eigenvalue weighted by Crippen LogP contribution is 2.36. The fourth-order valence-electron chi connectivity index (χ4n) is 2.87. The molecule has 0 saturated heterocycles. The summed E-state index contributed by atoms with van der Waals surface area (Å²) in [6.07, 6.45) is 4.03. The molecule has 1 aliphatic rings. The SMILES string of the molecule is CN(CCNc1ccc(Cl)cc1)CC1(N(C)C)CCC1. The predicted octanol–water partition coefficient (Wildman–Crippen LogP) is 3.17. The molecule has 0 spiro atoms. The molecule has 1 aromatic rings. The smallest absolute Gasteiger partial charge is 0.0407 e. The van der Waals surface area contributed by atoms with Gasteiger partial charge in [-0.3, -0.25) is 0 Å². The number of hydrogen-bond donors (Lipinski definition) is 1. The summed E-state index contributed by atoms with van der Waals surface area (Å²) >= 11 is 5.88. The number of nitrogens with one attached hydrogen (secondary N) is 1. The number of halogens is 1. The molecule has 0 aliphatic heterocycles. The van der Waals surface area contributed by atoms with E-state index in [4.69, 9.17) is 11.6 Å². The summed E-state index contributed by atoms with van der Waals surface area (Å²) in [7, 11) is 6.63. The molecule has 0 unspecified atom stereocenters. The number of rotatable bonds is 7. The topological polar surface area (TPSA) is 18.5 Å². The van der Waals surface area contributed by atoms with Gasteiger partial charge in [0.05, 0.1) is 0 Å². The van der Waals surface area contributed by atoms with Gasteiger partial charge in [0.1, 0.15) is 0 Å². The third kappa shape index (κ3) is 3.87. The first-order valence-corrected chi connectivity index (χ1v) is 7.75. The molecule has 0 radical (unpaired) electrons. The largest absolute Gasteiger partial charge is 0.384 e. The van der Waals surface area contributed by atoms with Crippen molar-refractivity contribution in [1.82, 2.24) is 9.80 Å². The number of nitrogens with zero attached hydrogens (tertiary/aromatic N) is 2. The van der Waals surface area contributed by atoms with Crippen LogP contribution in [0.3, 0.4) is 0 Å². The Labute approximate surface area is 127 Å². The highest BCUT2D eigenvalue weighted by atomic mass is 35.5. The summed E-state index contributed by atoms with van der Waals surface area (Å²) in [5, 5.41) is 4.22. The van der Waals surface area contributed by atoms with Gasteiger partial charge < -0.3 is 15.1 Å². The Balaban J connectivity index is 1.72. The lowest BCUT2D eigenvalue weighted by molar-refractivity contribution is 0.0289. The molecule has 0 amide bonds. The van der Waals surface area contributed by atoms with Gasteiger partial charge >= 0.3 is 0 Å². The Kier molecular flexibility index (Phi) is 5.30. The normalized spacial score (nSPS) is 17.3. The number of likely N-dealkylation sites (N-methyl/N-ethyl adjacent to an activating group) is 2. The lowest BCUT2D eigenvalue weighted by Gasteiger charge is -2.49. The molecule has 3 nitrogen and oxygen atoms in total. The van der Waals surface area contributed by atoms with Crippen LogP contribution in [0, 0.1) is 0 Å². The van der Waals surface area contributed by atoms with Crippen molar-refractivity contribution in [3.63, 3.8) is 0 Å². The van der Waals surface area contributed by atoms with E-state index in [2.05, 4.69) is 36.3 Å². The molecule has 1 aromatic carbocycles. The van der Waals surface area contributed by atoms with Crippen molar-refractivity contribution >= 4 is 17.3 Å². The number of benzene rings is 1. The van der Waals surface area contributed by atoms with Gasteiger partial charge in [0, 0.05) is 35.9 Å². The minimum atomic E-state index is 0.412. The highest BCUT2D eigenvalue weighted by Gasteiger charge is 2.39. The van der Waals surface area contributed by atoms with Crippen molar-refractivity contribution in [3.8, 4) is 0 Å². The molecule has 0 atom stereocenters. The van der Waals surface area contributed by atoms with Gasteiger partial charge in [0.2, 0.25) is 0 Å². The summed E-state index contributed by atoms with van der Waals surface area (Å²) in [5.74, 6) is 0. The van der Waals surface area contributed by atoms with Gasteiger partial charge in [-0.15, -0.1) is 0 Å². The van der Waals surface area contributed by atoms with E-state index in [1.165, 1.54) is 19.3 Å². The number of hydrogen-bond acceptors (Lipinski definition) is 3. The molecule has 1 aliphatic carbocycles. The van der Waals surface area contributed by atoms with Gasteiger partial charge in [-0.2, -0.15) is 0 Å². The zero-order chi connectivity index (χ0) is 14.6. The van der Waals surface area contributed by atoms with Crippen molar-refractivity contribution < 1.29 is 0 Å². The zero-order valence-corrected chi connectivity index (χ0v) is 13.6. The summed E-state index contributed by atoms with van der Waals surface area (Å²) in [6, 6.07) is 7.89. The zero-order valence-electron chi connectivity index (χ0n) is 12.8. The van der Waals surface area contributed by atoms with Crippen LogP contribution in [0.1, 0.15) is 19.3 Å². The van der Waals surface area contributed by atoms with E-state index < -0.39 is 0 Å². The fourth-order valence-corrected chi connectivity index (χ4v) is 3.00. The second kappa shape index (κ2) is 6.79. The molecular weight excluding hydrogens is 270 g/mol. The van der Waals surface area contributed by atoms with Crippen LogP contribution in [0.25, 0.3) is 0 Å². The third-order valence-electron chi connectivity index (χ3n) is 4.46. The van der Waals surface area contributed by atoms with Crippen LogP contribution < -0.4 is 5.32 Å². The van der Waals surface area contributed by atoms with Crippen molar-refractivity contribution in [2.75, 3.05) is 46.1 Å². The fraction of sp³-hybridized carbons (Fsp3) is 0.625. The number of anilines is 1. The molecule has 0 heterocycles. The first kappa shape index (κ1) is 15.6. The van der Waals surface area contributed by atoms with Gasteiger partial charge in [-0.25, -0.2) is 0 Å². The molecule has 20 heavy (non-hydrogen) atoms. The van der Waals surface area contributed by atoms with Crippen molar-refractivity contribution in [3.05, 3.63) is 29.3 Å². The Morgan fingerprint density at radius 1 is 1.15 bits per heavy atom. The Hall–Kier alpha value is -0.770. The second-order valence-corrected chi connectivity index (χ2v) is 6.58. The van der Waals surface area contributed by atoms with Crippen LogP contribution in [-0.4, -0.2) is 56.1 Å². The molecule has 2 rings (SSSR count). The third-order valence-corrected chi connectivity index (χ3v) is 4.72. The highest BCUT2D eigenvalue weighted by molar-refractivity contribution is 6.30. The van der Waals surface area contributed by atoms with Crippen LogP contribution in [0.5, 0.6) is 0 Å². The molecule has 4 heteroatoms. The maximum atomic E-state index is 5.88. The van der Waals surface area contributed by atoms with Crippen LogP contribution in [-0.2, 0) is 0 Å². The lowest BCUT2D eigenvalue weighted by atomic mass is 9.75. The molecule has 112 valence electrons. The maximum Gasteiger partial charge on any atom is 0.0407 e.